The zero-order chi connectivity index (χ0) is 47.0. The summed E-state index contributed by atoms with van der Waals surface area (Å²) in [5.74, 6) is 3.47. The minimum Gasteiger partial charge on any atom is -0.497 e. The van der Waals surface area contributed by atoms with Crippen molar-refractivity contribution in [2.45, 2.75) is 143 Å². The summed E-state index contributed by atoms with van der Waals surface area (Å²) < 4.78 is 11.0. The highest BCUT2D eigenvalue weighted by Gasteiger charge is 2.59. The lowest BCUT2D eigenvalue weighted by molar-refractivity contribution is -0.128. The number of allylic oxidation sites excluding steroid dienone is 1. The van der Waals surface area contributed by atoms with Crippen LogP contribution in [0.5, 0.6) is 5.75 Å². The Morgan fingerprint density at radius 2 is 1.34 bits per heavy atom. The van der Waals surface area contributed by atoms with Gasteiger partial charge in [0.05, 0.1) is 26.7 Å². The molecule has 362 valence electrons. The Morgan fingerprint density at radius 3 is 2.03 bits per heavy atom. The lowest BCUT2D eigenvalue weighted by Crippen LogP contribution is -2.51. The van der Waals surface area contributed by atoms with E-state index in [4.69, 9.17) is 9.47 Å². The second-order valence-electron chi connectivity index (χ2n) is 20.3. The van der Waals surface area contributed by atoms with E-state index >= 15 is 0 Å². The summed E-state index contributed by atoms with van der Waals surface area (Å²) >= 11 is 0. The summed E-state index contributed by atoms with van der Waals surface area (Å²) in [5, 5.41) is 15.7. The van der Waals surface area contributed by atoms with Gasteiger partial charge < -0.3 is 41.4 Å². The molecule has 0 saturated heterocycles. The van der Waals surface area contributed by atoms with Crippen molar-refractivity contribution in [3.8, 4) is 5.75 Å². The van der Waals surface area contributed by atoms with Crippen LogP contribution >= 0.6 is 0 Å². The van der Waals surface area contributed by atoms with E-state index in [2.05, 4.69) is 72.6 Å². The molecule has 8 unspecified atom stereocenters. The number of rotatable bonds is 24. The van der Waals surface area contributed by atoms with Gasteiger partial charge in [-0.25, -0.2) is 4.79 Å². The topological polar surface area (TPSA) is 193 Å². The summed E-state index contributed by atoms with van der Waals surface area (Å²) in [6, 6.07) is 6.72. The zero-order valence-electron chi connectivity index (χ0n) is 40.3. The van der Waals surface area contributed by atoms with Gasteiger partial charge in [0.2, 0.25) is 23.6 Å². The highest BCUT2D eigenvalue weighted by molar-refractivity contribution is 5.94. The molecule has 6 N–H and O–H groups in total. The number of hydrogen-bond acceptors (Lipinski definition) is 8. The Morgan fingerprint density at radius 1 is 0.677 bits per heavy atom. The molecule has 65 heavy (non-hydrogen) atoms. The number of fused-ring (bicyclic) bond motifs is 5. The Balaban J connectivity index is 0.862. The molecule has 0 spiro atoms. The summed E-state index contributed by atoms with van der Waals surface area (Å²) in [6.07, 6.45) is 18.4. The predicted molar refractivity (Wildman–Crippen MR) is 252 cm³/mol. The maximum atomic E-state index is 12.8. The third-order valence-electron chi connectivity index (χ3n) is 15.5. The molecule has 6 amide bonds. The quantitative estimate of drug-likeness (QED) is 0.0473. The van der Waals surface area contributed by atoms with E-state index in [1.165, 1.54) is 56.9 Å². The number of unbranched alkanes of at least 4 members (excludes halogenated alkanes) is 2. The molecule has 14 heteroatoms. The molecular weight excluding hydrogens is 825 g/mol. The van der Waals surface area contributed by atoms with Crippen LogP contribution in [0.15, 0.2) is 35.9 Å². The van der Waals surface area contributed by atoms with Crippen LogP contribution in [0.4, 0.5) is 4.79 Å². The number of amides is 6. The molecule has 3 saturated carbocycles. The van der Waals surface area contributed by atoms with Crippen LogP contribution in [-0.4, -0.2) is 88.1 Å². The third-order valence-corrected chi connectivity index (χ3v) is 15.5. The molecule has 0 aliphatic heterocycles. The summed E-state index contributed by atoms with van der Waals surface area (Å²) in [4.78, 5) is 73.6. The number of nitrogens with one attached hydrogen (secondary N) is 6. The molecule has 0 radical (unpaired) electrons. The van der Waals surface area contributed by atoms with Gasteiger partial charge in [0.25, 0.3) is 5.91 Å². The summed E-state index contributed by atoms with van der Waals surface area (Å²) in [7, 11) is 1.55. The lowest BCUT2D eigenvalue weighted by atomic mass is 9.47. The third kappa shape index (κ3) is 14.7. The number of hydrogen-bond donors (Lipinski definition) is 6. The number of alkyl carbamates (subject to hydrolysis) is 1. The van der Waals surface area contributed by atoms with Crippen molar-refractivity contribution >= 4 is 35.6 Å². The average Bonchev–Trinajstić information content (AvgIpc) is 3.65. The molecule has 4 aliphatic carbocycles. The van der Waals surface area contributed by atoms with Gasteiger partial charge in [-0.3, -0.25) is 24.0 Å². The van der Waals surface area contributed by atoms with E-state index in [1.54, 1.807) is 31.4 Å². The van der Waals surface area contributed by atoms with Gasteiger partial charge in [0, 0.05) is 38.0 Å². The molecule has 1 aromatic rings. The molecule has 5 rings (SSSR count). The van der Waals surface area contributed by atoms with E-state index in [0.717, 1.165) is 61.2 Å². The number of methoxy groups -OCH3 is 1. The highest BCUT2D eigenvalue weighted by atomic mass is 16.6. The standard InChI is InChI=1S/C51H80N6O8/c1-34(2)12-10-13-35(3)41-21-22-42-40-20-17-37-30-39(23-25-50(37,4)43(40)24-26-51(41,42)5)65-49(63)54-27-9-7-8-14-44(58)55-32-46(60)57-33-47(61)56-31-45(59)52-28-11-29-53-48(62)36-15-18-38(64-6)19-16-36/h15-19,34-35,39-43H,7-14,20-33H2,1-6H3,(H,52,59)(H,53,62)(H,54,63)(H,55,58)(H,56,61)(H,57,60). The maximum absolute atomic E-state index is 12.8. The van der Waals surface area contributed by atoms with Crippen molar-refractivity contribution in [2.75, 3.05) is 46.4 Å². The minimum atomic E-state index is -0.549. The SMILES string of the molecule is COc1ccc(C(=O)NCCCNC(=O)CNC(=O)CNC(=O)CNC(=O)CCCCCNC(=O)OC2CCC3(C)C(=CCC4C3CCC3(C)C(C(C)CCCC(C)C)CCC43)C2)cc1. The first-order valence-corrected chi connectivity index (χ1v) is 24.8. The Kier molecular flexibility index (Phi) is 19.6. The molecule has 8 atom stereocenters. The van der Waals surface area contributed by atoms with Gasteiger partial charge in [0.15, 0.2) is 0 Å². The van der Waals surface area contributed by atoms with Crippen LogP contribution in [0.3, 0.4) is 0 Å². The second kappa shape index (κ2) is 24.8. The minimum absolute atomic E-state index is 0.0966. The Hall–Kier alpha value is -4.62. The van der Waals surface area contributed by atoms with Gasteiger partial charge in [-0.15, -0.1) is 0 Å². The molecule has 3 fully saturated rings. The number of ether oxygens (including phenoxy) is 2. The van der Waals surface area contributed by atoms with Crippen LogP contribution in [0.25, 0.3) is 0 Å². The fraction of sp³-hybridized carbons (Fsp3) is 0.725. The fourth-order valence-corrected chi connectivity index (χ4v) is 11.9. The first kappa shape index (κ1) is 51.4. The monoisotopic (exact) mass is 905 g/mol. The molecule has 4 aliphatic rings. The summed E-state index contributed by atoms with van der Waals surface area (Å²) in [6.45, 7) is 12.6. The molecule has 0 heterocycles. The zero-order valence-corrected chi connectivity index (χ0v) is 40.3. The first-order valence-electron chi connectivity index (χ1n) is 24.8. The number of carbonyl (C=O) groups is 6. The van der Waals surface area contributed by atoms with E-state index < -0.39 is 17.7 Å². The van der Waals surface area contributed by atoms with Gasteiger partial charge in [-0.05, 0) is 135 Å². The number of carbonyl (C=O) groups excluding carboxylic acids is 6. The predicted octanol–water partition coefficient (Wildman–Crippen LogP) is 6.98. The summed E-state index contributed by atoms with van der Waals surface area (Å²) in [5.41, 5.74) is 2.70. The van der Waals surface area contributed by atoms with Gasteiger partial charge in [-0.2, -0.15) is 0 Å². The van der Waals surface area contributed by atoms with Crippen LogP contribution < -0.4 is 36.6 Å². The molecule has 0 aromatic heterocycles. The van der Waals surface area contributed by atoms with E-state index in [0.29, 0.717) is 55.6 Å². The second-order valence-corrected chi connectivity index (χ2v) is 20.3. The number of benzene rings is 1. The van der Waals surface area contributed by atoms with E-state index in [1.807, 2.05) is 0 Å². The van der Waals surface area contributed by atoms with Crippen LogP contribution in [-0.2, 0) is 23.9 Å². The van der Waals surface area contributed by atoms with Crippen molar-refractivity contribution in [1.29, 1.82) is 0 Å². The van der Waals surface area contributed by atoms with Crippen LogP contribution in [0, 0.1) is 46.3 Å². The van der Waals surface area contributed by atoms with Crippen molar-refractivity contribution in [1.82, 2.24) is 31.9 Å². The molecule has 1 aromatic carbocycles. The molecule has 0 bridgehead atoms. The normalized spacial score (nSPS) is 26.0. The van der Waals surface area contributed by atoms with Gasteiger partial charge in [-0.1, -0.05) is 72.0 Å². The smallest absolute Gasteiger partial charge is 0.407 e. The van der Waals surface area contributed by atoms with Crippen molar-refractivity contribution in [3.63, 3.8) is 0 Å². The van der Waals surface area contributed by atoms with Crippen LogP contribution in [0.1, 0.15) is 148 Å². The molecular formula is C51H80N6O8. The van der Waals surface area contributed by atoms with Gasteiger partial charge >= 0.3 is 6.09 Å². The van der Waals surface area contributed by atoms with Crippen molar-refractivity contribution < 1.29 is 38.2 Å². The fourth-order valence-electron chi connectivity index (χ4n) is 11.9. The van der Waals surface area contributed by atoms with E-state index in [9.17, 15) is 28.8 Å². The van der Waals surface area contributed by atoms with Crippen molar-refractivity contribution in [3.05, 3.63) is 41.5 Å². The Bertz CT molecular complexity index is 1800. The lowest BCUT2D eigenvalue weighted by Gasteiger charge is -2.58. The average molecular weight is 905 g/mol. The van der Waals surface area contributed by atoms with E-state index in [-0.39, 0.29) is 55.5 Å². The highest BCUT2D eigenvalue weighted by Crippen LogP contribution is 2.67. The van der Waals surface area contributed by atoms with Crippen LogP contribution in [0.2, 0.25) is 0 Å². The van der Waals surface area contributed by atoms with Gasteiger partial charge in [0.1, 0.15) is 11.9 Å². The first-order chi connectivity index (χ1) is 31.1. The maximum Gasteiger partial charge on any atom is 0.407 e. The van der Waals surface area contributed by atoms with Crippen molar-refractivity contribution in [2.24, 2.45) is 46.3 Å². The Labute approximate surface area is 388 Å². The molecule has 14 nitrogen and oxygen atoms in total. The largest absolute Gasteiger partial charge is 0.497 e.